The van der Waals surface area contributed by atoms with Gasteiger partial charge in [-0.05, 0) is 42.0 Å². The SMILES string of the molecule is O=C1[C@@H]2C[C@@H](O)CN2C2(CN(C3Cc4ccccc4C3)C2)C(=O)N1Cc1ccccc1Cl. The third-order valence-electron chi connectivity index (χ3n) is 7.78. The molecule has 3 saturated heterocycles. The quantitative estimate of drug-likeness (QED) is 0.722. The molecule has 0 unspecified atom stereocenters. The Bertz CT molecular complexity index is 1070. The van der Waals surface area contributed by atoms with E-state index in [1.54, 1.807) is 6.07 Å². The largest absolute Gasteiger partial charge is 0.392 e. The molecule has 0 radical (unpaired) electrons. The van der Waals surface area contributed by atoms with E-state index in [0.29, 0.717) is 37.1 Å². The highest BCUT2D eigenvalue weighted by Gasteiger charge is 2.65. The Hall–Kier alpha value is -2.25. The van der Waals surface area contributed by atoms with Crippen LogP contribution in [0.15, 0.2) is 48.5 Å². The van der Waals surface area contributed by atoms with Gasteiger partial charge in [0.25, 0.3) is 5.91 Å². The molecule has 1 N–H and O–H groups in total. The number of likely N-dealkylation sites (tertiary alicyclic amines) is 1. The van der Waals surface area contributed by atoms with Gasteiger partial charge in [0.2, 0.25) is 5.91 Å². The minimum atomic E-state index is -0.744. The maximum Gasteiger partial charge on any atom is 0.252 e. The lowest BCUT2D eigenvalue weighted by Crippen LogP contribution is -2.82. The van der Waals surface area contributed by atoms with Crippen molar-refractivity contribution in [3.63, 3.8) is 0 Å². The summed E-state index contributed by atoms with van der Waals surface area (Å²) in [6.07, 6.45) is 1.78. The molecule has 2 amide bonds. The number of β-amino-alcohol motifs (C(OH)–C–C–N with tert-alkyl or cyclic N) is 1. The molecule has 1 aliphatic carbocycles. The summed E-state index contributed by atoms with van der Waals surface area (Å²) in [5.74, 6) is -0.372. The van der Waals surface area contributed by atoms with Crippen molar-refractivity contribution < 1.29 is 14.7 Å². The van der Waals surface area contributed by atoms with Crippen LogP contribution in [0.25, 0.3) is 0 Å². The van der Waals surface area contributed by atoms with E-state index in [2.05, 4.69) is 29.2 Å². The number of fused-ring (bicyclic) bond motifs is 3. The molecule has 32 heavy (non-hydrogen) atoms. The molecule has 2 atom stereocenters. The van der Waals surface area contributed by atoms with Crippen LogP contribution in [-0.4, -0.2) is 75.0 Å². The molecule has 2 aromatic rings. The third-order valence-corrected chi connectivity index (χ3v) is 8.15. The van der Waals surface area contributed by atoms with Crippen LogP contribution in [-0.2, 0) is 29.0 Å². The van der Waals surface area contributed by atoms with Gasteiger partial charge in [0.1, 0.15) is 5.54 Å². The number of hydrogen-bond donors (Lipinski definition) is 1. The number of hydrogen-bond acceptors (Lipinski definition) is 5. The molecular weight excluding hydrogens is 426 g/mol. The Kier molecular flexibility index (Phi) is 4.70. The van der Waals surface area contributed by atoms with Crippen molar-refractivity contribution in [3.8, 4) is 0 Å². The number of nitrogens with zero attached hydrogens (tertiary/aromatic N) is 3. The van der Waals surface area contributed by atoms with Crippen molar-refractivity contribution in [2.45, 2.75) is 49.5 Å². The fourth-order valence-electron chi connectivity index (χ4n) is 6.12. The van der Waals surface area contributed by atoms with E-state index < -0.39 is 17.7 Å². The van der Waals surface area contributed by atoms with Crippen molar-refractivity contribution in [2.75, 3.05) is 19.6 Å². The Morgan fingerprint density at radius 3 is 2.34 bits per heavy atom. The first-order valence-corrected chi connectivity index (χ1v) is 11.7. The van der Waals surface area contributed by atoms with E-state index in [9.17, 15) is 14.7 Å². The van der Waals surface area contributed by atoms with Crippen LogP contribution in [0.4, 0.5) is 0 Å². The molecule has 7 heteroatoms. The number of imide groups is 1. The topological polar surface area (TPSA) is 64.1 Å². The third kappa shape index (κ3) is 2.97. The van der Waals surface area contributed by atoms with Crippen LogP contribution in [0, 0.1) is 0 Å². The van der Waals surface area contributed by atoms with E-state index in [4.69, 9.17) is 11.6 Å². The van der Waals surface area contributed by atoms with Gasteiger partial charge in [-0.1, -0.05) is 54.1 Å². The van der Waals surface area contributed by atoms with Crippen LogP contribution in [0.2, 0.25) is 5.02 Å². The first-order chi connectivity index (χ1) is 15.5. The zero-order valence-corrected chi connectivity index (χ0v) is 18.5. The number of aliphatic hydroxyl groups is 1. The maximum atomic E-state index is 13.8. The summed E-state index contributed by atoms with van der Waals surface area (Å²) in [5, 5.41) is 10.9. The van der Waals surface area contributed by atoms with Gasteiger partial charge >= 0.3 is 0 Å². The highest BCUT2D eigenvalue weighted by Crippen LogP contribution is 2.43. The number of aliphatic hydroxyl groups excluding tert-OH is 1. The Morgan fingerprint density at radius 1 is 1.00 bits per heavy atom. The van der Waals surface area contributed by atoms with Crippen molar-refractivity contribution in [1.82, 2.24) is 14.7 Å². The van der Waals surface area contributed by atoms with Gasteiger partial charge in [-0.2, -0.15) is 0 Å². The monoisotopic (exact) mass is 451 g/mol. The molecule has 0 saturated carbocycles. The molecule has 6 nitrogen and oxygen atoms in total. The van der Waals surface area contributed by atoms with Gasteiger partial charge in [0, 0.05) is 30.7 Å². The Morgan fingerprint density at radius 2 is 1.66 bits per heavy atom. The molecule has 4 aliphatic rings. The van der Waals surface area contributed by atoms with Gasteiger partial charge in [-0.25, -0.2) is 0 Å². The van der Waals surface area contributed by atoms with Crippen LogP contribution in [0.3, 0.4) is 0 Å². The van der Waals surface area contributed by atoms with Crippen LogP contribution in [0.1, 0.15) is 23.1 Å². The summed E-state index contributed by atoms with van der Waals surface area (Å²) in [6, 6.07) is 15.8. The lowest BCUT2D eigenvalue weighted by atomic mass is 9.81. The molecule has 0 bridgehead atoms. The predicted octanol–water partition coefficient (Wildman–Crippen LogP) is 1.87. The minimum Gasteiger partial charge on any atom is -0.392 e. The molecular formula is C25H26ClN3O3. The normalized spacial score (nSPS) is 27.6. The molecule has 1 spiro atoms. The molecule has 3 heterocycles. The molecule has 0 aromatic heterocycles. The molecule has 6 rings (SSSR count). The van der Waals surface area contributed by atoms with Crippen molar-refractivity contribution in [1.29, 1.82) is 0 Å². The fraction of sp³-hybridized carbons (Fsp3) is 0.440. The van der Waals surface area contributed by atoms with Gasteiger partial charge in [-0.3, -0.25) is 24.3 Å². The number of halogens is 1. The van der Waals surface area contributed by atoms with E-state index in [0.717, 1.165) is 18.4 Å². The minimum absolute atomic E-state index is 0.153. The lowest BCUT2D eigenvalue weighted by Gasteiger charge is -2.60. The summed E-state index contributed by atoms with van der Waals surface area (Å²) in [7, 11) is 0. The highest BCUT2D eigenvalue weighted by molar-refractivity contribution is 6.31. The Balaban J connectivity index is 1.27. The van der Waals surface area contributed by atoms with E-state index in [-0.39, 0.29) is 18.4 Å². The molecule has 3 fully saturated rings. The summed E-state index contributed by atoms with van der Waals surface area (Å²) < 4.78 is 0. The number of piperazine rings is 1. The Labute approximate surface area is 192 Å². The fourth-order valence-corrected chi connectivity index (χ4v) is 6.31. The summed E-state index contributed by atoms with van der Waals surface area (Å²) in [6.45, 7) is 1.75. The smallest absolute Gasteiger partial charge is 0.252 e. The first-order valence-electron chi connectivity index (χ1n) is 11.3. The number of amides is 2. The average molecular weight is 452 g/mol. The van der Waals surface area contributed by atoms with Gasteiger partial charge in [0.05, 0.1) is 18.7 Å². The summed E-state index contributed by atoms with van der Waals surface area (Å²) in [4.78, 5) is 32.8. The second-order valence-corrected chi connectivity index (χ2v) is 10.1. The standard InChI is InChI=1S/C25H26ClN3O3/c26-21-8-4-3-7-18(21)12-28-23(31)22-11-20(30)13-29(22)25(24(28)32)14-27(15-25)19-9-16-5-1-2-6-17(16)10-19/h1-8,19-20,22,30H,9-15H2/t20-,22+/m1/s1. The van der Waals surface area contributed by atoms with Crippen molar-refractivity contribution in [2.24, 2.45) is 0 Å². The van der Waals surface area contributed by atoms with E-state index >= 15 is 0 Å². The molecule has 3 aliphatic heterocycles. The molecule has 2 aromatic carbocycles. The van der Waals surface area contributed by atoms with Gasteiger partial charge < -0.3 is 5.11 Å². The summed E-state index contributed by atoms with van der Waals surface area (Å²) >= 11 is 6.34. The maximum absolute atomic E-state index is 13.8. The number of benzene rings is 2. The van der Waals surface area contributed by atoms with Crippen LogP contribution >= 0.6 is 11.6 Å². The average Bonchev–Trinajstić information content (AvgIpc) is 3.35. The van der Waals surface area contributed by atoms with Gasteiger partial charge in [-0.15, -0.1) is 0 Å². The van der Waals surface area contributed by atoms with Crippen molar-refractivity contribution in [3.05, 3.63) is 70.2 Å². The predicted molar refractivity (Wildman–Crippen MR) is 120 cm³/mol. The van der Waals surface area contributed by atoms with E-state index in [1.807, 2.05) is 23.1 Å². The number of rotatable bonds is 3. The van der Waals surface area contributed by atoms with Gasteiger partial charge in [0.15, 0.2) is 0 Å². The van der Waals surface area contributed by atoms with Crippen LogP contribution in [0.5, 0.6) is 0 Å². The number of carbonyl (C=O) groups excluding carboxylic acids is 2. The number of carbonyl (C=O) groups is 2. The molecule has 166 valence electrons. The second-order valence-electron chi connectivity index (χ2n) is 9.65. The zero-order valence-electron chi connectivity index (χ0n) is 17.8. The highest BCUT2D eigenvalue weighted by atomic mass is 35.5. The van der Waals surface area contributed by atoms with Crippen LogP contribution < -0.4 is 0 Å². The van der Waals surface area contributed by atoms with Crippen molar-refractivity contribution >= 4 is 23.4 Å². The lowest BCUT2D eigenvalue weighted by molar-refractivity contribution is -0.183. The van der Waals surface area contributed by atoms with E-state index in [1.165, 1.54) is 16.0 Å². The summed E-state index contributed by atoms with van der Waals surface area (Å²) in [5.41, 5.74) is 2.80. The first kappa shape index (κ1) is 20.4. The zero-order chi connectivity index (χ0) is 22.0. The second kappa shape index (κ2) is 7.39.